The van der Waals surface area contributed by atoms with E-state index in [9.17, 15) is 18.0 Å². The number of ether oxygens (including phenoxy) is 3. The third-order valence-corrected chi connectivity index (χ3v) is 4.36. The van der Waals surface area contributed by atoms with Crippen molar-refractivity contribution in [3.63, 3.8) is 0 Å². The van der Waals surface area contributed by atoms with E-state index in [-0.39, 0.29) is 23.4 Å². The SMILES string of the molecule is CCOC(=O)c1cnc2cc(C(F)(F)F)ccc2c1Nc1ccc(OC)cc1OC. The minimum absolute atomic E-state index is 0.0767. The number of benzene rings is 2. The lowest BCUT2D eigenvalue weighted by molar-refractivity contribution is -0.137. The van der Waals surface area contributed by atoms with Crippen LogP contribution in [0, 0.1) is 0 Å². The molecule has 0 saturated carbocycles. The predicted molar refractivity (Wildman–Crippen MR) is 106 cm³/mol. The third kappa shape index (κ3) is 4.24. The van der Waals surface area contributed by atoms with Crippen LogP contribution in [0.1, 0.15) is 22.8 Å². The van der Waals surface area contributed by atoms with Crippen LogP contribution in [-0.2, 0) is 10.9 Å². The summed E-state index contributed by atoms with van der Waals surface area (Å²) in [5, 5.41) is 3.41. The Morgan fingerprint density at radius 1 is 1.10 bits per heavy atom. The Morgan fingerprint density at radius 3 is 2.50 bits per heavy atom. The molecule has 0 amide bonds. The highest BCUT2D eigenvalue weighted by Gasteiger charge is 2.31. The van der Waals surface area contributed by atoms with Crippen molar-refractivity contribution in [2.45, 2.75) is 13.1 Å². The maximum Gasteiger partial charge on any atom is 0.416 e. The first-order valence-electron chi connectivity index (χ1n) is 8.94. The van der Waals surface area contributed by atoms with Crippen LogP contribution in [0.25, 0.3) is 10.9 Å². The van der Waals surface area contributed by atoms with Gasteiger partial charge in [-0.15, -0.1) is 0 Å². The normalized spacial score (nSPS) is 11.3. The molecule has 1 heterocycles. The molecule has 0 aliphatic rings. The Hall–Kier alpha value is -3.49. The van der Waals surface area contributed by atoms with Crippen molar-refractivity contribution in [1.29, 1.82) is 0 Å². The molecule has 0 aliphatic heterocycles. The summed E-state index contributed by atoms with van der Waals surface area (Å²) in [5.41, 5.74) is 0.0704. The molecule has 0 radical (unpaired) electrons. The number of alkyl halides is 3. The third-order valence-electron chi connectivity index (χ3n) is 4.36. The lowest BCUT2D eigenvalue weighted by atomic mass is 10.1. The molecule has 158 valence electrons. The maximum atomic E-state index is 13.1. The number of methoxy groups -OCH3 is 2. The number of fused-ring (bicyclic) bond motifs is 1. The number of pyridine rings is 1. The van der Waals surface area contributed by atoms with E-state index in [0.717, 1.165) is 12.1 Å². The largest absolute Gasteiger partial charge is 0.497 e. The van der Waals surface area contributed by atoms with Gasteiger partial charge in [-0.2, -0.15) is 13.2 Å². The average Bonchev–Trinajstić information content (AvgIpc) is 2.73. The van der Waals surface area contributed by atoms with E-state index in [1.807, 2.05) is 0 Å². The highest BCUT2D eigenvalue weighted by Crippen LogP contribution is 2.37. The van der Waals surface area contributed by atoms with E-state index < -0.39 is 17.7 Å². The van der Waals surface area contributed by atoms with Gasteiger partial charge in [-0.25, -0.2) is 4.79 Å². The molecule has 0 fully saturated rings. The Labute approximate surface area is 170 Å². The van der Waals surface area contributed by atoms with Crippen molar-refractivity contribution in [3.8, 4) is 11.5 Å². The number of aromatic nitrogens is 1. The fourth-order valence-electron chi connectivity index (χ4n) is 2.90. The summed E-state index contributed by atoms with van der Waals surface area (Å²) in [6.07, 6.45) is -3.32. The van der Waals surface area contributed by atoms with E-state index in [0.29, 0.717) is 22.6 Å². The van der Waals surface area contributed by atoms with Crippen molar-refractivity contribution in [3.05, 3.63) is 53.7 Å². The Morgan fingerprint density at radius 2 is 1.87 bits per heavy atom. The maximum absolute atomic E-state index is 13.1. The first kappa shape index (κ1) is 21.2. The van der Waals surface area contributed by atoms with Gasteiger partial charge in [0.15, 0.2) is 0 Å². The van der Waals surface area contributed by atoms with E-state index in [4.69, 9.17) is 14.2 Å². The van der Waals surface area contributed by atoms with Crippen LogP contribution in [0.5, 0.6) is 11.5 Å². The smallest absolute Gasteiger partial charge is 0.416 e. The zero-order valence-electron chi connectivity index (χ0n) is 16.5. The molecule has 1 aromatic heterocycles. The molecule has 3 rings (SSSR count). The van der Waals surface area contributed by atoms with Crippen molar-refractivity contribution in [2.24, 2.45) is 0 Å². The van der Waals surface area contributed by atoms with E-state index in [1.165, 1.54) is 26.5 Å². The molecule has 1 N–H and O–H groups in total. The summed E-state index contributed by atoms with van der Waals surface area (Å²) in [5.74, 6) is 0.320. The van der Waals surface area contributed by atoms with Crippen molar-refractivity contribution >= 4 is 28.2 Å². The number of nitrogens with zero attached hydrogens (tertiary/aromatic N) is 1. The van der Waals surface area contributed by atoms with Crippen molar-refractivity contribution < 1.29 is 32.2 Å². The highest BCUT2D eigenvalue weighted by atomic mass is 19.4. The number of halogens is 3. The van der Waals surface area contributed by atoms with Crippen LogP contribution < -0.4 is 14.8 Å². The summed E-state index contributed by atoms with van der Waals surface area (Å²) >= 11 is 0. The molecule has 0 saturated heterocycles. The van der Waals surface area contributed by atoms with E-state index in [1.54, 1.807) is 25.1 Å². The molecule has 6 nitrogen and oxygen atoms in total. The number of carbonyl (C=O) groups is 1. The van der Waals surface area contributed by atoms with Gasteiger partial charge in [0.05, 0.1) is 43.3 Å². The van der Waals surface area contributed by atoms with Crippen LogP contribution >= 0.6 is 0 Å². The number of esters is 1. The number of hydrogen-bond acceptors (Lipinski definition) is 6. The minimum atomic E-state index is -4.51. The summed E-state index contributed by atoms with van der Waals surface area (Å²) in [4.78, 5) is 16.5. The number of rotatable bonds is 6. The van der Waals surface area contributed by atoms with Gasteiger partial charge in [0.25, 0.3) is 0 Å². The second-order valence-corrected chi connectivity index (χ2v) is 6.19. The van der Waals surface area contributed by atoms with Crippen molar-refractivity contribution in [2.75, 3.05) is 26.1 Å². The van der Waals surface area contributed by atoms with Crippen LogP contribution in [-0.4, -0.2) is 31.8 Å². The summed E-state index contributed by atoms with van der Waals surface area (Å²) in [6.45, 7) is 1.79. The van der Waals surface area contributed by atoms with E-state index >= 15 is 0 Å². The Kier molecular flexibility index (Phi) is 6.00. The zero-order valence-corrected chi connectivity index (χ0v) is 16.5. The number of anilines is 2. The number of hydrogen-bond donors (Lipinski definition) is 1. The molecule has 0 unspecified atom stereocenters. The lowest BCUT2D eigenvalue weighted by Crippen LogP contribution is -2.10. The molecule has 0 spiro atoms. The minimum Gasteiger partial charge on any atom is -0.497 e. The zero-order chi connectivity index (χ0) is 21.9. The first-order valence-corrected chi connectivity index (χ1v) is 8.94. The molecule has 2 aromatic carbocycles. The lowest BCUT2D eigenvalue weighted by Gasteiger charge is -2.17. The number of carbonyl (C=O) groups excluding carboxylic acids is 1. The van der Waals surface area contributed by atoms with Gasteiger partial charge in [0, 0.05) is 17.6 Å². The van der Waals surface area contributed by atoms with Gasteiger partial charge in [-0.05, 0) is 31.2 Å². The van der Waals surface area contributed by atoms with Crippen LogP contribution in [0.2, 0.25) is 0 Å². The van der Waals surface area contributed by atoms with Gasteiger partial charge >= 0.3 is 12.1 Å². The molecule has 0 aliphatic carbocycles. The molecule has 0 bridgehead atoms. The van der Waals surface area contributed by atoms with Gasteiger partial charge in [0.2, 0.25) is 0 Å². The van der Waals surface area contributed by atoms with Crippen LogP contribution in [0.15, 0.2) is 42.6 Å². The monoisotopic (exact) mass is 420 g/mol. The van der Waals surface area contributed by atoms with Gasteiger partial charge in [0.1, 0.15) is 17.1 Å². The van der Waals surface area contributed by atoms with Gasteiger partial charge in [-0.3, -0.25) is 4.98 Å². The average molecular weight is 420 g/mol. The second-order valence-electron chi connectivity index (χ2n) is 6.19. The predicted octanol–water partition coefficient (Wildman–Crippen LogP) is 5.19. The van der Waals surface area contributed by atoms with Crippen LogP contribution in [0.4, 0.5) is 24.5 Å². The quantitative estimate of drug-likeness (QED) is 0.554. The Bertz CT molecular complexity index is 1080. The summed E-state index contributed by atoms with van der Waals surface area (Å²) in [6, 6.07) is 8.13. The second kappa shape index (κ2) is 8.48. The summed E-state index contributed by atoms with van der Waals surface area (Å²) in [7, 11) is 2.97. The molecule has 9 heteroatoms. The van der Waals surface area contributed by atoms with Gasteiger partial charge in [-0.1, -0.05) is 6.07 Å². The van der Waals surface area contributed by atoms with Crippen LogP contribution in [0.3, 0.4) is 0 Å². The molecular formula is C21H19F3N2O4. The molecule has 30 heavy (non-hydrogen) atoms. The fraction of sp³-hybridized carbons (Fsp3) is 0.238. The topological polar surface area (TPSA) is 69.7 Å². The van der Waals surface area contributed by atoms with E-state index in [2.05, 4.69) is 10.3 Å². The number of nitrogens with one attached hydrogen (secondary N) is 1. The van der Waals surface area contributed by atoms with Gasteiger partial charge < -0.3 is 19.5 Å². The standard InChI is InChI=1S/C21H19F3N2O4/c1-4-30-20(27)15-11-25-17-9-12(21(22,23)24)5-7-14(17)19(15)26-16-8-6-13(28-2)10-18(16)29-3/h5-11H,4H2,1-3H3,(H,25,26). The highest BCUT2D eigenvalue weighted by molar-refractivity contribution is 6.06. The Balaban J connectivity index is 2.18. The molecular weight excluding hydrogens is 401 g/mol. The molecule has 3 aromatic rings. The first-order chi connectivity index (χ1) is 14.3. The fourth-order valence-corrected chi connectivity index (χ4v) is 2.90. The van der Waals surface area contributed by atoms with Crippen molar-refractivity contribution in [1.82, 2.24) is 4.98 Å². The molecule has 0 atom stereocenters. The summed E-state index contributed by atoms with van der Waals surface area (Å²) < 4.78 is 54.9.